The second-order valence-corrected chi connectivity index (χ2v) is 5.57. The van der Waals surface area contributed by atoms with Gasteiger partial charge in [-0.15, -0.1) is 0 Å². The fourth-order valence-electron chi connectivity index (χ4n) is 1.79. The number of nitrogens with zero attached hydrogens (tertiary/aromatic N) is 2. The topological polar surface area (TPSA) is 66.9 Å². The van der Waals surface area contributed by atoms with Crippen LogP contribution in [-0.2, 0) is 0 Å². The van der Waals surface area contributed by atoms with Gasteiger partial charge in [0.05, 0.1) is 0 Å². The maximum absolute atomic E-state index is 12.1. The number of amides is 1. The standard InChI is InChI=1S/C16H19ClN4O/c1-4-11(3)19-15(22)13-7-8-18-16(20-13)21-14-9-12(17)6-5-10(14)2/h5-9,11H,4H2,1-3H3,(H,19,22)(H,18,20,21). The Labute approximate surface area is 135 Å². The first-order valence-electron chi connectivity index (χ1n) is 7.16. The van der Waals surface area contributed by atoms with Gasteiger partial charge in [0, 0.05) is 22.9 Å². The first-order chi connectivity index (χ1) is 10.5. The fourth-order valence-corrected chi connectivity index (χ4v) is 1.97. The molecular weight excluding hydrogens is 300 g/mol. The van der Waals surface area contributed by atoms with E-state index in [1.165, 1.54) is 0 Å². The molecule has 5 nitrogen and oxygen atoms in total. The van der Waals surface area contributed by atoms with Crippen LogP contribution in [0.4, 0.5) is 11.6 Å². The van der Waals surface area contributed by atoms with E-state index in [0.29, 0.717) is 16.7 Å². The minimum absolute atomic E-state index is 0.106. The predicted molar refractivity (Wildman–Crippen MR) is 88.7 cm³/mol. The molecule has 1 unspecified atom stereocenters. The van der Waals surface area contributed by atoms with Crippen LogP contribution in [0.15, 0.2) is 30.5 Å². The van der Waals surface area contributed by atoms with Crippen molar-refractivity contribution in [3.63, 3.8) is 0 Å². The second-order valence-electron chi connectivity index (χ2n) is 5.13. The molecule has 0 aliphatic rings. The second kappa shape index (κ2) is 7.22. The first kappa shape index (κ1) is 16.2. The summed E-state index contributed by atoms with van der Waals surface area (Å²) in [7, 11) is 0. The van der Waals surface area contributed by atoms with E-state index >= 15 is 0 Å². The average molecular weight is 319 g/mol. The Hall–Kier alpha value is -2.14. The number of anilines is 2. The van der Waals surface area contributed by atoms with Gasteiger partial charge in [0.25, 0.3) is 5.91 Å². The van der Waals surface area contributed by atoms with E-state index in [4.69, 9.17) is 11.6 Å². The number of aromatic nitrogens is 2. The normalized spacial score (nSPS) is 11.8. The Morgan fingerprint density at radius 1 is 1.36 bits per heavy atom. The lowest BCUT2D eigenvalue weighted by Gasteiger charge is -2.12. The SMILES string of the molecule is CCC(C)NC(=O)c1ccnc(Nc2cc(Cl)ccc2C)n1. The van der Waals surface area contributed by atoms with Crippen molar-refractivity contribution in [2.24, 2.45) is 0 Å². The van der Waals surface area contributed by atoms with E-state index in [0.717, 1.165) is 17.7 Å². The molecule has 1 heterocycles. The molecule has 2 N–H and O–H groups in total. The number of hydrogen-bond donors (Lipinski definition) is 2. The molecule has 1 amide bonds. The third-order valence-electron chi connectivity index (χ3n) is 3.32. The molecule has 0 saturated heterocycles. The molecule has 1 atom stereocenters. The zero-order chi connectivity index (χ0) is 16.1. The monoisotopic (exact) mass is 318 g/mol. The zero-order valence-corrected chi connectivity index (χ0v) is 13.6. The fraction of sp³-hybridized carbons (Fsp3) is 0.312. The smallest absolute Gasteiger partial charge is 0.270 e. The number of carbonyl (C=O) groups excluding carboxylic acids is 1. The minimum atomic E-state index is -0.206. The van der Waals surface area contributed by atoms with Crippen molar-refractivity contribution in [2.75, 3.05) is 5.32 Å². The van der Waals surface area contributed by atoms with Crippen molar-refractivity contribution in [3.8, 4) is 0 Å². The van der Waals surface area contributed by atoms with Gasteiger partial charge in [0.15, 0.2) is 0 Å². The lowest BCUT2D eigenvalue weighted by Crippen LogP contribution is -2.32. The number of carbonyl (C=O) groups is 1. The molecule has 0 fully saturated rings. The molecule has 0 radical (unpaired) electrons. The Balaban J connectivity index is 2.18. The van der Waals surface area contributed by atoms with Crippen LogP contribution in [0, 0.1) is 6.92 Å². The summed E-state index contributed by atoms with van der Waals surface area (Å²) in [5.74, 6) is 0.157. The van der Waals surface area contributed by atoms with E-state index in [-0.39, 0.29) is 11.9 Å². The van der Waals surface area contributed by atoms with Crippen molar-refractivity contribution in [2.45, 2.75) is 33.2 Å². The van der Waals surface area contributed by atoms with Gasteiger partial charge in [-0.2, -0.15) is 0 Å². The highest BCUT2D eigenvalue weighted by atomic mass is 35.5. The molecule has 0 aliphatic heterocycles. The van der Waals surface area contributed by atoms with E-state index in [9.17, 15) is 4.79 Å². The lowest BCUT2D eigenvalue weighted by atomic mass is 10.2. The van der Waals surface area contributed by atoms with Gasteiger partial charge in [0.2, 0.25) is 5.95 Å². The highest BCUT2D eigenvalue weighted by Crippen LogP contribution is 2.22. The molecule has 22 heavy (non-hydrogen) atoms. The van der Waals surface area contributed by atoms with E-state index in [1.54, 1.807) is 18.3 Å². The number of rotatable bonds is 5. The Morgan fingerprint density at radius 3 is 2.86 bits per heavy atom. The third-order valence-corrected chi connectivity index (χ3v) is 3.56. The Morgan fingerprint density at radius 2 is 2.14 bits per heavy atom. The summed E-state index contributed by atoms with van der Waals surface area (Å²) in [5.41, 5.74) is 2.16. The van der Waals surface area contributed by atoms with Crippen LogP contribution in [0.2, 0.25) is 5.02 Å². The van der Waals surface area contributed by atoms with Crippen LogP contribution in [0.1, 0.15) is 36.3 Å². The largest absolute Gasteiger partial charge is 0.348 e. The molecule has 2 aromatic rings. The van der Waals surface area contributed by atoms with Crippen molar-refractivity contribution >= 4 is 29.1 Å². The van der Waals surface area contributed by atoms with Gasteiger partial charge in [-0.25, -0.2) is 9.97 Å². The van der Waals surface area contributed by atoms with Gasteiger partial charge < -0.3 is 10.6 Å². The van der Waals surface area contributed by atoms with Gasteiger partial charge in [-0.1, -0.05) is 24.6 Å². The molecule has 1 aromatic carbocycles. The Kier molecular flexibility index (Phi) is 5.33. The Bertz CT molecular complexity index is 675. The molecular formula is C16H19ClN4O. The summed E-state index contributed by atoms with van der Waals surface area (Å²) < 4.78 is 0. The van der Waals surface area contributed by atoms with E-state index in [2.05, 4.69) is 20.6 Å². The van der Waals surface area contributed by atoms with Gasteiger partial charge >= 0.3 is 0 Å². The van der Waals surface area contributed by atoms with Crippen molar-refractivity contribution < 1.29 is 4.79 Å². The number of aryl methyl sites for hydroxylation is 1. The van der Waals surface area contributed by atoms with Gasteiger partial charge in [-0.3, -0.25) is 4.79 Å². The summed E-state index contributed by atoms with van der Waals surface area (Å²) in [6, 6.07) is 7.22. The number of hydrogen-bond acceptors (Lipinski definition) is 4. The zero-order valence-electron chi connectivity index (χ0n) is 12.9. The van der Waals surface area contributed by atoms with Crippen molar-refractivity contribution in [1.29, 1.82) is 0 Å². The summed E-state index contributed by atoms with van der Waals surface area (Å²) in [6.07, 6.45) is 2.42. The summed E-state index contributed by atoms with van der Waals surface area (Å²) in [4.78, 5) is 20.5. The summed E-state index contributed by atoms with van der Waals surface area (Å²) in [5, 5.41) is 6.59. The predicted octanol–water partition coefficient (Wildman–Crippen LogP) is 3.71. The van der Waals surface area contributed by atoms with Crippen molar-refractivity contribution in [3.05, 3.63) is 46.7 Å². The third kappa shape index (κ3) is 4.18. The number of benzene rings is 1. The molecule has 1 aromatic heterocycles. The van der Waals surface area contributed by atoms with Crippen LogP contribution in [0.25, 0.3) is 0 Å². The van der Waals surface area contributed by atoms with Crippen LogP contribution in [0.5, 0.6) is 0 Å². The molecule has 2 rings (SSSR count). The molecule has 116 valence electrons. The van der Waals surface area contributed by atoms with Crippen LogP contribution >= 0.6 is 11.6 Å². The highest BCUT2D eigenvalue weighted by Gasteiger charge is 2.11. The molecule has 0 saturated carbocycles. The maximum atomic E-state index is 12.1. The van der Waals surface area contributed by atoms with Gasteiger partial charge in [0.1, 0.15) is 5.69 Å². The highest BCUT2D eigenvalue weighted by molar-refractivity contribution is 6.30. The molecule has 0 aliphatic carbocycles. The molecule has 0 bridgehead atoms. The van der Waals surface area contributed by atoms with Gasteiger partial charge in [-0.05, 0) is 44.0 Å². The summed E-state index contributed by atoms with van der Waals surface area (Å²) in [6.45, 7) is 5.92. The summed E-state index contributed by atoms with van der Waals surface area (Å²) >= 11 is 5.99. The minimum Gasteiger partial charge on any atom is -0.348 e. The van der Waals surface area contributed by atoms with Crippen LogP contribution in [-0.4, -0.2) is 21.9 Å². The number of nitrogens with one attached hydrogen (secondary N) is 2. The molecule has 6 heteroatoms. The number of halogens is 1. The van der Waals surface area contributed by atoms with Crippen LogP contribution in [0.3, 0.4) is 0 Å². The first-order valence-corrected chi connectivity index (χ1v) is 7.54. The molecule has 0 spiro atoms. The van der Waals surface area contributed by atoms with Crippen molar-refractivity contribution in [1.82, 2.24) is 15.3 Å². The maximum Gasteiger partial charge on any atom is 0.270 e. The quantitative estimate of drug-likeness (QED) is 0.882. The average Bonchev–Trinajstić information content (AvgIpc) is 2.51. The van der Waals surface area contributed by atoms with E-state index in [1.807, 2.05) is 32.9 Å². The van der Waals surface area contributed by atoms with E-state index < -0.39 is 0 Å². The lowest BCUT2D eigenvalue weighted by molar-refractivity contribution is 0.0934. The van der Waals surface area contributed by atoms with Crippen LogP contribution < -0.4 is 10.6 Å².